The number of carboxylic acid groups (broad SMARTS) is 1. The first kappa shape index (κ1) is 26.2. The van der Waals surface area contributed by atoms with Crippen LogP contribution in [0.25, 0.3) is 6.08 Å². The minimum absolute atomic E-state index is 0.478. The molecular weight excluding hydrogens is 451 g/mol. The maximum Gasteiger partial charge on any atom is 0.381 e. The van der Waals surface area contributed by atoms with E-state index in [-0.39, 0.29) is 0 Å². The van der Waals surface area contributed by atoms with Crippen molar-refractivity contribution < 1.29 is 19.4 Å². The van der Waals surface area contributed by atoms with Crippen molar-refractivity contribution in [3.05, 3.63) is 29.8 Å². The molecule has 164 valence electrons. The van der Waals surface area contributed by atoms with E-state index in [1.54, 1.807) is 18.2 Å². The summed E-state index contributed by atoms with van der Waals surface area (Å²) < 4.78 is 12.0. The molecule has 0 fully saturated rings. The van der Waals surface area contributed by atoms with Crippen molar-refractivity contribution in [3.8, 4) is 11.5 Å². The van der Waals surface area contributed by atoms with Crippen molar-refractivity contribution in [2.45, 2.75) is 70.9 Å². The molecule has 1 aromatic carbocycles. The van der Waals surface area contributed by atoms with Gasteiger partial charge in [-0.3, -0.25) is 0 Å². The molecule has 8 heteroatoms. The van der Waals surface area contributed by atoms with Crippen LogP contribution >= 0.6 is 33.2 Å². The average Bonchev–Trinajstić information content (AvgIpc) is 2.65. The van der Waals surface area contributed by atoms with Gasteiger partial charge >= 0.3 is 12.0 Å². The summed E-state index contributed by atoms with van der Waals surface area (Å²) in [6.07, 6.45) is 10.7. The molecule has 0 amide bonds. The summed E-state index contributed by atoms with van der Waals surface area (Å²) in [6.45, 7) is 4.82. The minimum Gasteiger partial charge on any atom is -0.490 e. The number of halogens is 3. The second-order valence-corrected chi connectivity index (χ2v) is 15.8. The van der Waals surface area contributed by atoms with Crippen molar-refractivity contribution in [3.63, 3.8) is 0 Å². The molecule has 0 spiro atoms. The second-order valence-electron chi connectivity index (χ2n) is 6.93. The molecule has 1 rings (SSSR count). The molecule has 1 atom stereocenters. The predicted molar refractivity (Wildman–Crippen MR) is 125 cm³/mol. The zero-order valence-corrected chi connectivity index (χ0v) is 20.4. The molecule has 0 aliphatic carbocycles. The Morgan fingerprint density at radius 2 is 1.76 bits per heavy atom. The number of carbonyl (C=O) groups is 1. The molecule has 0 aliphatic rings. The van der Waals surface area contributed by atoms with E-state index in [1.807, 2.05) is 0 Å². The van der Waals surface area contributed by atoms with Gasteiger partial charge < -0.3 is 14.6 Å². The molecule has 0 saturated heterocycles. The second kappa shape index (κ2) is 14.2. The van der Waals surface area contributed by atoms with Gasteiger partial charge in [0.25, 0.3) is 0 Å². The molecule has 0 aliphatic heterocycles. The van der Waals surface area contributed by atoms with Gasteiger partial charge in [0.1, 0.15) is 5.73 Å². The fourth-order valence-corrected chi connectivity index (χ4v) is 4.88. The van der Waals surface area contributed by atoms with Gasteiger partial charge in [-0.2, -0.15) is 0 Å². The van der Waals surface area contributed by atoms with E-state index in [0.29, 0.717) is 30.1 Å². The SMILES string of the molecule is CCCCCCCC(Oc1cc(/C=C/C(=O)O)ccc1OCCCC)[Si](Cl)(Cl)Cl. The summed E-state index contributed by atoms with van der Waals surface area (Å²) in [7, 11) is 0. The molecule has 1 N–H and O–H groups in total. The molecule has 1 unspecified atom stereocenters. The first-order valence-corrected chi connectivity index (χ1v) is 15.3. The summed E-state index contributed by atoms with van der Waals surface area (Å²) in [4.78, 5) is 10.8. The molecule has 0 bridgehead atoms. The van der Waals surface area contributed by atoms with Crippen molar-refractivity contribution in [2.75, 3.05) is 6.61 Å². The Labute approximate surface area is 189 Å². The third-order valence-corrected chi connectivity index (χ3v) is 7.67. The third-order valence-electron chi connectivity index (χ3n) is 4.35. The van der Waals surface area contributed by atoms with Crippen LogP contribution in [0.15, 0.2) is 24.3 Å². The fourth-order valence-electron chi connectivity index (χ4n) is 2.71. The third kappa shape index (κ3) is 11.2. The quantitative estimate of drug-likeness (QED) is 0.124. The standard InChI is InChI=1S/C21H31Cl3O4Si/c1-3-5-7-8-9-10-21(29(22,23)24)28-19-16-17(12-14-20(25)26)11-13-18(19)27-15-6-4-2/h11-14,16,21H,3-10,15H2,1-2H3,(H,25,26)/b14-12+. The first-order valence-electron chi connectivity index (χ1n) is 10.2. The van der Waals surface area contributed by atoms with E-state index >= 15 is 0 Å². The van der Waals surface area contributed by atoms with Crippen molar-refractivity contribution >= 4 is 51.3 Å². The average molecular weight is 482 g/mol. The number of aliphatic carboxylic acids is 1. The molecule has 0 aromatic heterocycles. The van der Waals surface area contributed by atoms with Crippen LogP contribution in [0.2, 0.25) is 0 Å². The molecular formula is C21H31Cl3O4Si. The molecule has 0 radical (unpaired) electrons. The molecule has 0 saturated carbocycles. The summed E-state index contributed by atoms with van der Waals surface area (Å²) in [5, 5.41) is 8.86. The Kier molecular flexibility index (Phi) is 12.8. The van der Waals surface area contributed by atoms with Crippen LogP contribution < -0.4 is 9.47 Å². The van der Waals surface area contributed by atoms with E-state index in [2.05, 4.69) is 13.8 Å². The van der Waals surface area contributed by atoms with Gasteiger partial charge in [-0.25, -0.2) is 4.79 Å². The van der Waals surface area contributed by atoms with Crippen LogP contribution in [0, 0.1) is 0 Å². The number of benzene rings is 1. The molecule has 4 nitrogen and oxygen atoms in total. The van der Waals surface area contributed by atoms with Crippen LogP contribution in [-0.2, 0) is 4.79 Å². The van der Waals surface area contributed by atoms with Gasteiger partial charge in [0.15, 0.2) is 11.5 Å². The minimum atomic E-state index is -3.13. The van der Waals surface area contributed by atoms with Gasteiger partial charge in [0.05, 0.1) is 6.61 Å². The molecule has 0 heterocycles. The number of unbranched alkanes of at least 4 members (excludes halogenated alkanes) is 5. The Morgan fingerprint density at radius 1 is 1.07 bits per heavy atom. The van der Waals surface area contributed by atoms with E-state index < -0.39 is 17.7 Å². The van der Waals surface area contributed by atoms with E-state index in [0.717, 1.165) is 38.2 Å². The number of ether oxygens (including phenoxy) is 2. The summed E-state index contributed by atoms with van der Waals surface area (Å²) in [5.74, 6) is 0.0329. The maximum atomic E-state index is 10.8. The summed E-state index contributed by atoms with van der Waals surface area (Å²) in [6, 6.07) is 2.15. The normalized spacial score (nSPS) is 12.9. The highest BCUT2D eigenvalue weighted by molar-refractivity contribution is 7.65. The number of carboxylic acids is 1. The van der Waals surface area contributed by atoms with Crippen molar-refractivity contribution in [2.24, 2.45) is 0 Å². The Morgan fingerprint density at radius 3 is 2.38 bits per heavy atom. The predicted octanol–water partition coefficient (Wildman–Crippen LogP) is 7.27. The number of hydrogen-bond donors (Lipinski definition) is 1. The van der Waals surface area contributed by atoms with Gasteiger partial charge in [-0.05, 0) is 43.0 Å². The van der Waals surface area contributed by atoms with Crippen LogP contribution in [-0.4, -0.2) is 29.4 Å². The zero-order chi connectivity index (χ0) is 21.7. The van der Waals surface area contributed by atoms with Crippen molar-refractivity contribution in [1.82, 2.24) is 0 Å². The van der Waals surface area contributed by atoms with Gasteiger partial charge in [0, 0.05) is 6.08 Å². The fraction of sp³-hybridized carbons (Fsp3) is 0.571. The largest absolute Gasteiger partial charge is 0.490 e. The summed E-state index contributed by atoms with van der Waals surface area (Å²) >= 11 is 19.0. The van der Waals surface area contributed by atoms with Crippen molar-refractivity contribution in [1.29, 1.82) is 0 Å². The van der Waals surface area contributed by atoms with E-state index in [1.165, 1.54) is 18.9 Å². The first-order chi connectivity index (χ1) is 13.8. The number of rotatable bonds is 15. The Balaban J connectivity index is 2.99. The van der Waals surface area contributed by atoms with E-state index in [9.17, 15) is 4.79 Å². The number of hydrogen-bond acceptors (Lipinski definition) is 3. The monoisotopic (exact) mass is 480 g/mol. The summed E-state index contributed by atoms with van der Waals surface area (Å²) in [5.41, 5.74) is 0.180. The molecule has 1 aromatic rings. The topological polar surface area (TPSA) is 55.8 Å². The lowest BCUT2D eigenvalue weighted by atomic mass is 10.1. The molecule has 29 heavy (non-hydrogen) atoms. The lowest BCUT2D eigenvalue weighted by Gasteiger charge is -2.25. The lowest BCUT2D eigenvalue weighted by Crippen LogP contribution is -2.36. The van der Waals surface area contributed by atoms with Crippen LogP contribution in [0.1, 0.15) is 70.8 Å². The highest BCUT2D eigenvalue weighted by Gasteiger charge is 2.39. The lowest BCUT2D eigenvalue weighted by molar-refractivity contribution is -0.131. The van der Waals surface area contributed by atoms with Gasteiger partial charge in [-0.15, -0.1) is 33.2 Å². The zero-order valence-electron chi connectivity index (χ0n) is 17.1. The van der Waals surface area contributed by atoms with Gasteiger partial charge in [-0.1, -0.05) is 52.0 Å². The van der Waals surface area contributed by atoms with Crippen LogP contribution in [0.5, 0.6) is 11.5 Å². The van der Waals surface area contributed by atoms with E-state index in [4.69, 9.17) is 47.8 Å². The smallest absolute Gasteiger partial charge is 0.381 e. The maximum absolute atomic E-state index is 10.8. The Hall–Kier alpha value is -0.883. The van der Waals surface area contributed by atoms with Crippen LogP contribution in [0.4, 0.5) is 0 Å². The van der Waals surface area contributed by atoms with Gasteiger partial charge in [0.2, 0.25) is 0 Å². The highest BCUT2D eigenvalue weighted by atomic mass is 35.8. The van der Waals surface area contributed by atoms with Crippen LogP contribution in [0.3, 0.4) is 0 Å². The highest BCUT2D eigenvalue weighted by Crippen LogP contribution is 2.36. The Bertz CT molecular complexity index is 647.